The summed E-state index contributed by atoms with van der Waals surface area (Å²) in [6.45, 7) is 3.98. The molecule has 0 aromatic carbocycles. The van der Waals surface area contributed by atoms with Gasteiger partial charge in [-0.15, -0.1) is 11.6 Å². The normalized spacial score (nSPS) is 18.9. The minimum Gasteiger partial charge on any atom is -0.396 e. The molecule has 0 aliphatic rings. The SMILES string of the molecule is CC(Cl)C(C)CO. The Morgan fingerprint density at radius 2 is 2.00 bits per heavy atom. The number of hydrogen-bond donors (Lipinski definition) is 1. The molecule has 2 atom stereocenters. The standard InChI is InChI=1S/C5H11ClO/c1-4(3-7)5(2)6/h4-5,7H,3H2,1-2H3. The molecule has 0 bridgehead atoms. The van der Waals surface area contributed by atoms with Crippen LogP contribution in [0.5, 0.6) is 0 Å². The van der Waals surface area contributed by atoms with Gasteiger partial charge >= 0.3 is 0 Å². The van der Waals surface area contributed by atoms with E-state index in [9.17, 15) is 0 Å². The van der Waals surface area contributed by atoms with Crippen molar-refractivity contribution in [2.45, 2.75) is 19.2 Å². The van der Waals surface area contributed by atoms with Gasteiger partial charge in [-0.05, 0) is 12.8 Å². The first-order chi connectivity index (χ1) is 3.18. The Hall–Kier alpha value is 0.250. The molecule has 0 aromatic rings. The van der Waals surface area contributed by atoms with E-state index in [0.717, 1.165) is 0 Å². The summed E-state index contributed by atoms with van der Waals surface area (Å²) >= 11 is 5.57. The van der Waals surface area contributed by atoms with Crippen LogP contribution in [0.1, 0.15) is 13.8 Å². The molecule has 0 aliphatic carbocycles. The van der Waals surface area contributed by atoms with Crippen LogP contribution in [-0.4, -0.2) is 17.1 Å². The summed E-state index contributed by atoms with van der Waals surface area (Å²) in [5.41, 5.74) is 0. The van der Waals surface area contributed by atoms with Crippen LogP contribution in [-0.2, 0) is 0 Å². The molecule has 1 nitrogen and oxygen atoms in total. The maximum Gasteiger partial charge on any atom is 0.0470 e. The van der Waals surface area contributed by atoms with Gasteiger partial charge in [0.15, 0.2) is 0 Å². The third-order valence-corrected chi connectivity index (χ3v) is 1.50. The average molecular weight is 123 g/mol. The first kappa shape index (κ1) is 7.25. The van der Waals surface area contributed by atoms with Gasteiger partial charge in [0.1, 0.15) is 0 Å². The van der Waals surface area contributed by atoms with E-state index in [1.54, 1.807) is 0 Å². The van der Waals surface area contributed by atoms with Crippen LogP contribution in [0.2, 0.25) is 0 Å². The molecule has 0 heterocycles. The smallest absolute Gasteiger partial charge is 0.0470 e. The van der Waals surface area contributed by atoms with Crippen molar-refractivity contribution >= 4 is 11.6 Å². The van der Waals surface area contributed by atoms with Gasteiger partial charge in [-0.3, -0.25) is 0 Å². The van der Waals surface area contributed by atoms with Crippen LogP contribution in [0.3, 0.4) is 0 Å². The zero-order valence-electron chi connectivity index (χ0n) is 4.69. The number of aliphatic hydroxyl groups is 1. The monoisotopic (exact) mass is 122 g/mol. The molecular weight excluding hydrogens is 112 g/mol. The molecule has 0 saturated carbocycles. The fourth-order valence-electron chi connectivity index (χ4n) is 0.145. The fraction of sp³-hybridized carbons (Fsp3) is 1.00. The number of halogens is 1. The number of rotatable bonds is 2. The summed E-state index contributed by atoms with van der Waals surface area (Å²) < 4.78 is 0. The van der Waals surface area contributed by atoms with Crippen LogP contribution in [0, 0.1) is 5.92 Å². The second kappa shape index (κ2) is 3.28. The highest BCUT2D eigenvalue weighted by atomic mass is 35.5. The lowest BCUT2D eigenvalue weighted by Crippen LogP contribution is -2.10. The second-order valence-electron chi connectivity index (χ2n) is 1.84. The highest BCUT2D eigenvalue weighted by Crippen LogP contribution is 2.06. The lowest BCUT2D eigenvalue weighted by Gasteiger charge is -2.07. The van der Waals surface area contributed by atoms with Crippen molar-refractivity contribution in [3.05, 3.63) is 0 Å². The molecule has 0 aliphatic heterocycles. The molecule has 2 unspecified atom stereocenters. The van der Waals surface area contributed by atoms with Gasteiger partial charge in [0.05, 0.1) is 0 Å². The minimum absolute atomic E-state index is 0.0880. The van der Waals surface area contributed by atoms with Gasteiger partial charge in [0, 0.05) is 12.0 Å². The van der Waals surface area contributed by atoms with Gasteiger partial charge in [-0.2, -0.15) is 0 Å². The Labute approximate surface area is 49.3 Å². The van der Waals surface area contributed by atoms with Crippen molar-refractivity contribution in [3.8, 4) is 0 Å². The highest BCUT2D eigenvalue weighted by Gasteiger charge is 2.04. The number of alkyl halides is 1. The average Bonchev–Trinajstić information content (AvgIpc) is 1.65. The van der Waals surface area contributed by atoms with Crippen molar-refractivity contribution in [3.63, 3.8) is 0 Å². The third kappa shape index (κ3) is 2.89. The van der Waals surface area contributed by atoms with Gasteiger partial charge in [0.25, 0.3) is 0 Å². The van der Waals surface area contributed by atoms with Crippen LogP contribution in [0.25, 0.3) is 0 Å². The first-order valence-electron chi connectivity index (χ1n) is 2.43. The quantitative estimate of drug-likeness (QED) is 0.547. The van der Waals surface area contributed by atoms with Crippen LogP contribution in [0.4, 0.5) is 0 Å². The van der Waals surface area contributed by atoms with E-state index in [4.69, 9.17) is 16.7 Å². The molecule has 0 aromatic heterocycles. The molecule has 0 spiro atoms. The number of hydrogen-bond acceptors (Lipinski definition) is 1. The molecule has 0 radical (unpaired) electrons. The molecule has 0 saturated heterocycles. The van der Waals surface area contributed by atoms with Gasteiger partial charge in [-0.25, -0.2) is 0 Å². The van der Waals surface area contributed by atoms with Gasteiger partial charge in [-0.1, -0.05) is 6.92 Å². The Bertz CT molecular complexity index is 45.3. The molecule has 0 rings (SSSR count). The van der Waals surface area contributed by atoms with E-state index < -0.39 is 0 Å². The van der Waals surface area contributed by atoms with Crippen molar-refractivity contribution in [2.75, 3.05) is 6.61 Å². The third-order valence-electron chi connectivity index (χ3n) is 1.07. The van der Waals surface area contributed by atoms with Crippen molar-refractivity contribution < 1.29 is 5.11 Å². The van der Waals surface area contributed by atoms with Crippen LogP contribution >= 0.6 is 11.6 Å². The molecule has 7 heavy (non-hydrogen) atoms. The van der Waals surface area contributed by atoms with E-state index in [1.807, 2.05) is 13.8 Å². The Balaban J connectivity index is 3.14. The van der Waals surface area contributed by atoms with Crippen LogP contribution in [0.15, 0.2) is 0 Å². The number of aliphatic hydroxyl groups excluding tert-OH is 1. The Kier molecular flexibility index (Phi) is 3.39. The maximum atomic E-state index is 8.42. The van der Waals surface area contributed by atoms with Crippen molar-refractivity contribution in [1.82, 2.24) is 0 Å². The summed E-state index contributed by atoms with van der Waals surface area (Å²) in [5.74, 6) is 0.224. The maximum absolute atomic E-state index is 8.42. The van der Waals surface area contributed by atoms with E-state index in [1.165, 1.54) is 0 Å². The highest BCUT2D eigenvalue weighted by molar-refractivity contribution is 6.20. The predicted octanol–water partition coefficient (Wildman–Crippen LogP) is 1.24. The van der Waals surface area contributed by atoms with E-state index in [-0.39, 0.29) is 17.9 Å². The summed E-state index contributed by atoms with van der Waals surface area (Å²) in [7, 11) is 0. The molecule has 2 heteroatoms. The lowest BCUT2D eigenvalue weighted by atomic mass is 10.1. The van der Waals surface area contributed by atoms with E-state index >= 15 is 0 Å². The lowest BCUT2D eigenvalue weighted by molar-refractivity contribution is 0.236. The first-order valence-corrected chi connectivity index (χ1v) is 2.87. The van der Waals surface area contributed by atoms with Crippen molar-refractivity contribution in [2.24, 2.45) is 5.92 Å². The van der Waals surface area contributed by atoms with Crippen molar-refractivity contribution in [1.29, 1.82) is 0 Å². The molecule has 44 valence electrons. The minimum atomic E-state index is 0.0880. The largest absolute Gasteiger partial charge is 0.396 e. The zero-order valence-corrected chi connectivity index (χ0v) is 5.44. The van der Waals surface area contributed by atoms with E-state index in [2.05, 4.69) is 0 Å². The summed E-state index contributed by atoms with van der Waals surface area (Å²) in [4.78, 5) is 0. The topological polar surface area (TPSA) is 20.2 Å². The second-order valence-corrected chi connectivity index (χ2v) is 2.53. The summed E-state index contributed by atoms with van der Waals surface area (Å²) in [5, 5.41) is 8.51. The molecule has 1 N–H and O–H groups in total. The fourth-order valence-corrected chi connectivity index (χ4v) is 0.225. The Morgan fingerprint density at radius 3 is 2.00 bits per heavy atom. The zero-order chi connectivity index (χ0) is 5.86. The summed E-state index contributed by atoms with van der Waals surface area (Å²) in [6.07, 6.45) is 0. The predicted molar refractivity (Wildman–Crippen MR) is 31.6 cm³/mol. The molecule has 0 amide bonds. The van der Waals surface area contributed by atoms with E-state index in [0.29, 0.717) is 0 Å². The summed E-state index contributed by atoms with van der Waals surface area (Å²) in [6, 6.07) is 0. The Morgan fingerprint density at radius 1 is 1.57 bits per heavy atom. The van der Waals surface area contributed by atoms with Gasteiger partial charge in [0.2, 0.25) is 0 Å². The van der Waals surface area contributed by atoms with Gasteiger partial charge < -0.3 is 5.11 Å². The van der Waals surface area contributed by atoms with Crippen LogP contribution < -0.4 is 0 Å². The molecular formula is C5H11ClO. The molecule has 0 fully saturated rings.